The number of phosphoric ester groups is 1. The monoisotopic (exact) mass is 744 g/mol. The fourth-order valence-corrected chi connectivity index (χ4v) is 7.45. The number of pyridine rings is 1. The van der Waals surface area contributed by atoms with Gasteiger partial charge in [-0.2, -0.15) is 18.6 Å². The number of rotatable bonds is 13. The number of hydrogen-bond donors (Lipinski definition) is 2. The number of aliphatic imine (C=N–C) groups is 1. The average molecular weight is 745 g/mol. The number of phosphoric acid groups is 1. The molecule has 1 unspecified atom stereocenters. The fraction of sp³-hybridized carbons (Fsp3) is 0.405. The number of fused-ring (bicyclic) bond motifs is 1. The van der Waals surface area contributed by atoms with Crippen LogP contribution in [0, 0.1) is 6.92 Å². The summed E-state index contributed by atoms with van der Waals surface area (Å²) in [5.74, 6) is 0.106. The van der Waals surface area contributed by atoms with E-state index in [1.165, 1.54) is 0 Å². The first-order valence-corrected chi connectivity index (χ1v) is 18.2. The Morgan fingerprint density at radius 3 is 2.13 bits per heavy atom. The van der Waals surface area contributed by atoms with Gasteiger partial charge in [0.1, 0.15) is 18.0 Å². The van der Waals surface area contributed by atoms with Gasteiger partial charge >= 0.3 is 20.0 Å². The smallest absolute Gasteiger partial charge is 0.476 e. The molecule has 1 aliphatic carbocycles. The van der Waals surface area contributed by atoms with E-state index in [2.05, 4.69) is 15.8 Å². The molecule has 1 atom stereocenters. The molecule has 10 nitrogen and oxygen atoms in total. The third-order valence-electron chi connectivity index (χ3n) is 8.66. The molecular formula is C37H41F4N4O6P. The first kappa shape index (κ1) is 37.7. The summed E-state index contributed by atoms with van der Waals surface area (Å²) < 4.78 is 95.6. The molecule has 1 saturated heterocycles. The van der Waals surface area contributed by atoms with Crippen LogP contribution in [-0.2, 0) is 41.5 Å². The molecule has 3 aromatic carbocycles. The summed E-state index contributed by atoms with van der Waals surface area (Å²) in [6, 6.07) is 22.9. The summed E-state index contributed by atoms with van der Waals surface area (Å²) in [6.45, 7) is 5.22. The minimum atomic E-state index is -4.47. The number of hydrazine groups is 1. The van der Waals surface area contributed by atoms with Crippen molar-refractivity contribution < 1.29 is 45.2 Å². The second-order valence-electron chi connectivity index (χ2n) is 14.0. The molecule has 4 aromatic rings. The molecule has 1 saturated carbocycles. The molecule has 2 aliphatic rings. The second-order valence-corrected chi connectivity index (χ2v) is 15.6. The lowest BCUT2D eigenvalue weighted by molar-refractivity contribution is -0.153. The average Bonchev–Trinajstić information content (AvgIpc) is 3.57. The normalized spacial score (nSPS) is 21.5. The van der Waals surface area contributed by atoms with E-state index in [0.717, 1.165) is 16.7 Å². The summed E-state index contributed by atoms with van der Waals surface area (Å²) in [5.41, 5.74) is 8.09. The maximum atomic E-state index is 14.6. The molecule has 52 heavy (non-hydrogen) atoms. The van der Waals surface area contributed by atoms with Crippen molar-refractivity contribution in [1.82, 2.24) is 15.8 Å². The van der Waals surface area contributed by atoms with Crippen LogP contribution in [-0.4, -0.2) is 42.1 Å². The predicted octanol–water partition coefficient (Wildman–Crippen LogP) is 8.69. The van der Waals surface area contributed by atoms with Crippen molar-refractivity contribution in [3.05, 3.63) is 107 Å². The lowest BCUT2D eigenvalue weighted by Crippen LogP contribution is -2.50. The highest BCUT2D eigenvalue weighted by molar-refractivity contribution is 7.48. The highest BCUT2D eigenvalue weighted by Gasteiger charge is 2.52. The number of alkyl halides is 4. The van der Waals surface area contributed by atoms with E-state index >= 15 is 0 Å². The van der Waals surface area contributed by atoms with Gasteiger partial charge in [0.2, 0.25) is 6.23 Å². The molecule has 6 rings (SSSR count). The van der Waals surface area contributed by atoms with Crippen molar-refractivity contribution in [2.45, 2.75) is 83.2 Å². The van der Waals surface area contributed by atoms with E-state index in [4.69, 9.17) is 28.0 Å². The summed E-state index contributed by atoms with van der Waals surface area (Å²) in [7, 11) is -4.24. The Balaban J connectivity index is 1.14. The Hall–Kier alpha value is -4.07. The van der Waals surface area contributed by atoms with E-state index in [1.807, 2.05) is 88.4 Å². The maximum Gasteiger partial charge on any atom is 0.476 e. The zero-order chi connectivity index (χ0) is 37.1. The van der Waals surface area contributed by atoms with Crippen LogP contribution >= 0.6 is 7.82 Å². The number of halogens is 4. The third-order valence-corrected chi connectivity index (χ3v) is 10.2. The van der Waals surface area contributed by atoms with E-state index in [-0.39, 0.29) is 37.8 Å². The van der Waals surface area contributed by atoms with Crippen LogP contribution < -0.4 is 15.6 Å². The largest absolute Gasteiger partial charge is 0.484 e. The summed E-state index contributed by atoms with van der Waals surface area (Å²) >= 11 is 0. The molecular weight excluding hydrogens is 703 g/mol. The van der Waals surface area contributed by atoms with Gasteiger partial charge in [0, 0.05) is 18.2 Å². The Labute approximate surface area is 299 Å². The van der Waals surface area contributed by atoms with Crippen LogP contribution in [0.5, 0.6) is 5.75 Å². The number of nitrogens with one attached hydrogen (secondary N) is 2. The van der Waals surface area contributed by atoms with Gasteiger partial charge < -0.3 is 9.47 Å². The minimum Gasteiger partial charge on any atom is -0.484 e. The number of amidine groups is 1. The van der Waals surface area contributed by atoms with E-state index in [0.29, 0.717) is 22.2 Å². The van der Waals surface area contributed by atoms with Crippen LogP contribution in [0.25, 0.3) is 10.9 Å². The Bertz CT molecular complexity index is 1890. The van der Waals surface area contributed by atoms with Crippen LogP contribution in [0.3, 0.4) is 0 Å². The fourth-order valence-electron chi connectivity index (χ4n) is 5.99. The number of benzene rings is 3. The number of nitrogens with zero attached hydrogens (tertiary/aromatic N) is 2. The summed E-state index contributed by atoms with van der Waals surface area (Å²) in [4.78, 5) is 9.43. The molecule has 1 aliphatic heterocycles. The predicted molar refractivity (Wildman–Crippen MR) is 187 cm³/mol. The number of aromatic nitrogens is 1. The lowest BCUT2D eigenvalue weighted by atomic mass is 9.77. The molecule has 0 bridgehead atoms. The van der Waals surface area contributed by atoms with Gasteiger partial charge in [-0.3, -0.25) is 19.0 Å². The quantitative estimate of drug-likeness (QED) is 0.103. The van der Waals surface area contributed by atoms with Crippen LogP contribution in [0.1, 0.15) is 67.8 Å². The van der Waals surface area contributed by atoms with Crippen molar-refractivity contribution >= 4 is 24.7 Å². The van der Waals surface area contributed by atoms with Gasteiger partial charge in [0.25, 0.3) is 0 Å². The summed E-state index contributed by atoms with van der Waals surface area (Å²) in [5, 5.41) is 0.656. The Morgan fingerprint density at radius 2 is 1.58 bits per heavy atom. The molecule has 278 valence electrons. The van der Waals surface area contributed by atoms with Crippen LogP contribution in [0.15, 0.2) is 83.9 Å². The zero-order valence-corrected chi connectivity index (χ0v) is 30.1. The Morgan fingerprint density at radius 1 is 0.962 bits per heavy atom. The van der Waals surface area contributed by atoms with Gasteiger partial charge in [-0.1, -0.05) is 81.4 Å². The molecule has 1 aromatic heterocycles. The Kier molecular flexibility index (Phi) is 11.0. The highest BCUT2D eigenvalue weighted by Crippen LogP contribution is 2.58. The number of ether oxygens (including phenoxy) is 2. The molecule has 2 fully saturated rings. The van der Waals surface area contributed by atoms with Crippen LogP contribution in [0.4, 0.5) is 17.6 Å². The molecule has 0 spiro atoms. The van der Waals surface area contributed by atoms with Crippen molar-refractivity contribution in [3.63, 3.8) is 0 Å². The molecule has 15 heteroatoms. The summed E-state index contributed by atoms with van der Waals surface area (Å²) in [6.07, 6.45) is -5.04. The SMILES string of the molecule is Cc1cc(C2NNC(=NC3CC(CF)(OP(=O)(OCc4ccccc4)OCc4ccccc4)C3)O2)nc2c(C(C)(C)C)cc(OCC(F)(F)F)cc12. The van der Waals surface area contributed by atoms with Crippen LogP contribution in [0.2, 0.25) is 0 Å². The maximum absolute atomic E-state index is 14.6. The molecule has 0 amide bonds. The van der Waals surface area contributed by atoms with Crippen molar-refractivity contribution in [1.29, 1.82) is 0 Å². The van der Waals surface area contributed by atoms with E-state index < -0.39 is 50.6 Å². The molecule has 2 N–H and O–H groups in total. The van der Waals surface area contributed by atoms with Gasteiger partial charge in [0.15, 0.2) is 6.61 Å². The highest BCUT2D eigenvalue weighted by atomic mass is 31.2. The second kappa shape index (κ2) is 15.1. The standard InChI is InChI=1S/C37H41F4N4O6P/c1-24-15-31(43-32-29(24)16-28(47-23-37(39,40)41)17-30(32)35(2,3)4)33-44-45-34(50-33)42-27-18-36(19-27,22-38)51-52(46,48-20-25-11-7-5-8-12-25)49-21-26-13-9-6-10-14-26/h5-17,27,33,44H,18-23H2,1-4H3,(H,42,45). The molecule has 0 radical (unpaired) electrons. The number of aryl methyl sites for hydroxylation is 1. The first-order chi connectivity index (χ1) is 24.6. The zero-order valence-electron chi connectivity index (χ0n) is 29.2. The van der Waals surface area contributed by atoms with Crippen molar-refractivity contribution in [2.24, 2.45) is 4.99 Å². The van der Waals surface area contributed by atoms with Crippen molar-refractivity contribution in [2.75, 3.05) is 13.3 Å². The first-order valence-electron chi connectivity index (χ1n) is 16.8. The van der Waals surface area contributed by atoms with Crippen molar-refractivity contribution in [3.8, 4) is 5.75 Å². The lowest BCUT2D eigenvalue weighted by Gasteiger charge is -2.44. The minimum absolute atomic E-state index is 0.0572. The van der Waals surface area contributed by atoms with Gasteiger partial charge in [-0.25, -0.2) is 18.9 Å². The van der Waals surface area contributed by atoms with E-state index in [9.17, 15) is 22.1 Å². The van der Waals surface area contributed by atoms with Gasteiger partial charge in [-0.15, -0.1) is 0 Å². The molecule has 2 heterocycles. The van der Waals surface area contributed by atoms with Gasteiger partial charge in [0.05, 0.1) is 30.5 Å². The topological polar surface area (TPSA) is 113 Å². The van der Waals surface area contributed by atoms with E-state index in [1.54, 1.807) is 18.2 Å². The number of hydrogen-bond acceptors (Lipinski definition) is 9. The third kappa shape index (κ3) is 9.28. The van der Waals surface area contributed by atoms with Gasteiger partial charge in [-0.05, 0) is 52.8 Å².